The van der Waals surface area contributed by atoms with Crippen LogP contribution in [0.5, 0.6) is 5.75 Å². The SMILES string of the molecule is COc1ccc(COC(=O)[C@H](N)Cc2ccccc2)cc1. The number of esters is 1. The Kier molecular flexibility index (Phi) is 5.35. The molecule has 2 aromatic rings. The fourth-order valence-electron chi connectivity index (χ4n) is 1.93. The minimum Gasteiger partial charge on any atom is -0.497 e. The summed E-state index contributed by atoms with van der Waals surface area (Å²) in [5.74, 6) is 0.375. The number of nitrogens with two attached hydrogens (primary N) is 1. The molecular weight excluding hydrogens is 266 g/mol. The Morgan fingerprint density at radius 2 is 1.71 bits per heavy atom. The second-order valence-corrected chi connectivity index (χ2v) is 4.75. The zero-order chi connectivity index (χ0) is 15.1. The molecule has 0 aliphatic carbocycles. The highest BCUT2D eigenvalue weighted by Crippen LogP contribution is 2.12. The molecule has 0 spiro atoms. The molecule has 0 radical (unpaired) electrons. The molecule has 2 rings (SSSR count). The highest BCUT2D eigenvalue weighted by molar-refractivity contribution is 5.75. The maximum absolute atomic E-state index is 11.9. The van der Waals surface area contributed by atoms with E-state index in [2.05, 4.69) is 0 Å². The lowest BCUT2D eigenvalue weighted by molar-refractivity contribution is -0.146. The van der Waals surface area contributed by atoms with Gasteiger partial charge < -0.3 is 15.2 Å². The summed E-state index contributed by atoms with van der Waals surface area (Å²) in [6, 6.07) is 16.4. The summed E-state index contributed by atoms with van der Waals surface area (Å²) in [6.07, 6.45) is 0.474. The van der Waals surface area contributed by atoms with Crippen molar-refractivity contribution in [3.63, 3.8) is 0 Å². The summed E-state index contributed by atoms with van der Waals surface area (Å²) in [5, 5.41) is 0. The Morgan fingerprint density at radius 1 is 1.05 bits per heavy atom. The number of methoxy groups -OCH3 is 1. The number of benzene rings is 2. The van der Waals surface area contributed by atoms with Gasteiger partial charge in [-0.1, -0.05) is 42.5 Å². The third-order valence-corrected chi connectivity index (χ3v) is 3.14. The van der Waals surface area contributed by atoms with Crippen molar-refractivity contribution in [2.45, 2.75) is 19.1 Å². The standard InChI is InChI=1S/C17H19NO3/c1-20-15-9-7-14(8-10-15)12-21-17(19)16(18)11-13-5-3-2-4-6-13/h2-10,16H,11-12,18H2,1H3/t16-/m1/s1. The van der Waals surface area contributed by atoms with Crippen molar-refractivity contribution in [2.24, 2.45) is 5.73 Å². The second kappa shape index (κ2) is 7.45. The van der Waals surface area contributed by atoms with Crippen LogP contribution in [0, 0.1) is 0 Å². The molecule has 2 N–H and O–H groups in total. The maximum Gasteiger partial charge on any atom is 0.323 e. The summed E-state index contributed by atoms with van der Waals surface area (Å²) in [4.78, 5) is 11.9. The van der Waals surface area contributed by atoms with E-state index in [0.717, 1.165) is 16.9 Å². The monoisotopic (exact) mass is 285 g/mol. The number of carbonyl (C=O) groups is 1. The number of ether oxygens (including phenoxy) is 2. The van der Waals surface area contributed by atoms with Crippen LogP contribution in [0.3, 0.4) is 0 Å². The van der Waals surface area contributed by atoms with Crippen LogP contribution in [0.4, 0.5) is 0 Å². The molecule has 2 aromatic carbocycles. The smallest absolute Gasteiger partial charge is 0.323 e. The Balaban J connectivity index is 1.83. The predicted octanol–water partition coefficient (Wildman–Crippen LogP) is 2.31. The topological polar surface area (TPSA) is 61.5 Å². The van der Waals surface area contributed by atoms with Crippen LogP contribution < -0.4 is 10.5 Å². The third kappa shape index (κ3) is 4.61. The van der Waals surface area contributed by atoms with Crippen molar-refractivity contribution in [3.05, 3.63) is 65.7 Å². The van der Waals surface area contributed by atoms with E-state index in [1.807, 2.05) is 54.6 Å². The van der Waals surface area contributed by atoms with Crippen LogP contribution in [0.25, 0.3) is 0 Å². The van der Waals surface area contributed by atoms with Crippen LogP contribution in [0.1, 0.15) is 11.1 Å². The Hall–Kier alpha value is -2.33. The van der Waals surface area contributed by atoms with E-state index in [1.54, 1.807) is 7.11 Å². The molecule has 0 aromatic heterocycles. The molecule has 0 amide bonds. The molecule has 1 atom stereocenters. The quantitative estimate of drug-likeness (QED) is 0.827. The van der Waals surface area contributed by atoms with E-state index in [4.69, 9.17) is 15.2 Å². The van der Waals surface area contributed by atoms with Gasteiger partial charge in [0, 0.05) is 0 Å². The molecule has 4 nitrogen and oxygen atoms in total. The van der Waals surface area contributed by atoms with Gasteiger partial charge in [-0.2, -0.15) is 0 Å². The van der Waals surface area contributed by atoms with Crippen molar-refractivity contribution in [3.8, 4) is 5.75 Å². The molecule has 0 heterocycles. The van der Waals surface area contributed by atoms with E-state index in [9.17, 15) is 4.79 Å². The van der Waals surface area contributed by atoms with E-state index >= 15 is 0 Å². The van der Waals surface area contributed by atoms with Crippen LogP contribution >= 0.6 is 0 Å². The predicted molar refractivity (Wildman–Crippen MR) is 80.9 cm³/mol. The molecular formula is C17H19NO3. The Labute approximate surface area is 124 Å². The van der Waals surface area contributed by atoms with E-state index in [1.165, 1.54) is 0 Å². The first-order chi connectivity index (χ1) is 10.2. The number of hydrogen-bond donors (Lipinski definition) is 1. The first-order valence-electron chi connectivity index (χ1n) is 6.78. The van der Waals surface area contributed by atoms with Gasteiger partial charge in [0.15, 0.2) is 0 Å². The molecule has 0 saturated heterocycles. The normalized spacial score (nSPS) is 11.7. The van der Waals surface area contributed by atoms with Gasteiger partial charge >= 0.3 is 5.97 Å². The number of carbonyl (C=O) groups excluding carboxylic acids is 1. The molecule has 0 unspecified atom stereocenters. The van der Waals surface area contributed by atoms with Crippen molar-refractivity contribution >= 4 is 5.97 Å². The van der Waals surface area contributed by atoms with E-state index in [0.29, 0.717) is 6.42 Å². The minimum absolute atomic E-state index is 0.214. The average molecular weight is 285 g/mol. The Bertz CT molecular complexity index is 566. The lowest BCUT2D eigenvalue weighted by Crippen LogP contribution is -2.34. The van der Waals surface area contributed by atoms with Crippen molar-refractivity contribution in [1.29, 1.82) is 0 Å². The van der Waals surface area contributed by atoms with Crippen molar-refractivity contribution in [2.75, 3.05) is 7.11 Å². The first kappa shape index (κ1) is 15.1. The summed E-state index contributed by atoms with van der Waals surface area (Å²) in [7, 11) is 1.61. The summed E-state index contributed by atoms with van der Waals surface area (Å²) < 4.78 is 10.3. The van der Waals surface area contributed by atoms with Gasteiger partial charge in [-0.05, 0) is 29.7 Å². The Morgan fingerprint density at radius 3 is 2.33 bits per heavy atom. The first-order valence-corrected chi connectivity index (χ1v) is 6.78. The maximum atomic E-state index is 11.9. The number of rotatable bonds is 6. The van der Waals surface area contributed by atoms with Crippen LogP contribution in [0.2, 0.25) is 0 Å². The second-order valence-electron chi connectivity index (χ2n) is 4.75. The third-order valence-electron chi connectivity index (χ3n) is 3.14. The van der Waals surface area contributed by atoms with Gasteiger partial charge in [-0.3, -0.25) is 4.79 Å². The highest BCUT2D eigenvalue weighted by atomic mass is 16.5. The summed E-state index contributed by atoms with van der Waals surface area (Å²) in [6.45, 7) is 0.214. The van der Waals surface area contributed by atoms with E-state index in [-0.39, 0.29) is 6.61 Å². The minimum atomic E-state index is -0.648. The van der Waals surface area contributed by atoms with Crippen molar-refractivity contribution in [1.82, 2.24) is 0 Å². The number of hydrogen-bond acceptors (Lipinski definition) is 4. The molecule has 0 fully saturated rings. The molecule has 0 saturated carbocycles. The summed E-state index contributed by atoms with van der Waals surface area (Å²) >= 11 is 0. The van der Waals surface area contributed by atoms with E-state index < -0.39 is 12.0 Å². The summed E-state index contributed by atoms with van der Waals surface area (Å²) in [5.41, 5.74) is 7.78. The van der Waals surface area contributed by atoms with Gasteiger partial charge in [0.2, 0.25) is 0 Å². The van der Waals surface area contributed by atoms with Gasteiger partial charge in [0.1, 0.15) is 18.4 Å². The molecule has 110 valence electrons. The van der Waals surface area contributed by atoms with Crippen LogP contribution in [0.15, 0.2) is 54.6 Å². The molecule has 0 aliphatic heterocycles. The molecule has 21 heavy (non-hydrogen) atoms. The van der Waals surface area contributed by atoms with Crippen LogP contribution in [-0.4, -0.2) is 19.1 Å². The van der Waals surface area contributed by atoms with Gasteiger partial charge in [-0.15, -0.1) is 0 Å². The average Bonchev–Trinajstić information content (AvgIpc) is 2.54. The lowest BCUT2D eigenvalue weighted by Gasteiger charge is -2.12. The molecule has 0 aliphatic rings. The highest BCUT2D eigenvalue weighted by Gasteiger charge is 2.15. The fraction of sp³-hybridized carbons (Fsp3) is 0.235. The lowest BCUT2D eigenvalue weighted by atomic mass is 10.1. The van der Waals surface area contributed by atoms with Gasteiger partial charge in [0.05, 0.1) is 7.11 Å². The van der Waals surface area contributed by atoms with Crippen molar-refractivity contribution < 1.29 is 14.3 Å². The fourth-order valence-corrected chi connectivity index (χ4v) is 1.93. The zero-order valence-electron chi connectivity index (χ0n) is 12.0. The molecule has 4 heteroatoms. The zero-order valence-corrected chi connectivity index (χ0v) is 12.0. The van der Waals surface area contributed by atoms with Gasteiger partial charge in [-0.25, -0.2) is 0 Å². The van der Waals surface area contributed by atoms with Gasteiger partial charge in [0.25, 0.3) is 0 Å². The largest absolute Gasteiger partial charge is 0.497 e. The molecule has 0 bridgehead atoms. The van der Waals surface area contributed by atoms with Crippen LogP contribution in [-0.2, 0) is 22.6 Å².